The highest BCUT2D eigenvalue weighted by Gasteiger charge is 2.55. The molecule has 2 atom stereocenters. The molecule has 2 amide bonds. The summed E-state index contributed by atoms with van der Waals surface area (Å²) >= 11 is 0. The molecule has 23 heavy (non-hydrogen) atoms. The molecule has 2 heterocycles. The van der Waals surface area contributed by atoms with Crippen LogP contribution in [-0.2, 0) is 11.3 Å². The number of carboxylic acid groups (broad SMARTS) is 1. The Bertz CT molecular complexity index is 641. The maximum Gasteiger partial charge on any atom is 0.317 e. The van der Waals surface area contributed by atoms with E-state index in [2.05, 4.69) is 15.5 Å². The molecule has 1 aliphatic heterocycles. The molecule has 3 fully saturated rings. The third-order valence-electron chi connectivity index (χ3n) is 5.39. The van der Waals surface area contributed by atoms with Crippen molar-refractivity contribution in [1.29, 1.82) is 0 Å². The molecule has 1 aromatic heterocycles. The zero-order chi connectivity index (χ0) is 16.0. The Hall–Kier alpha value is -2.12. The minimum Gasteiger partial charge on any atom is -0.481 e. The highest BCUT2D eigenvalue weighted by molar-refractivity contribution is 5.80. The van der Waals surface area contributed by atoms with Crippen LogP contribution in [0.2, 0.25) is 0 Å². The summed E-state index contributed by atoms with van der Waals surface area (Å²) in [6.07, 6.45) is 4.64. The van der Waals surface area contributed by atoms with Gasteiger partial charge in [0.2, 0.25) is 5.89 Å². The highest BCUT2D eigenvalue weighted by Crippen LogP contribution is 2.48. The Labute approximate surface area is 133 Å². The average molecular weight is 320 g/mol. The fourth-order valence-corrected chi connectivity index (χ4v) is 3.90. The third-order valence-corrected chi connectivity index (χ3v) is 5.39. The quantitative estimate of drug-likeness (QED) is 0.866. The Balaban J connectivity index is 1.35. The molecule has 1 saturated heterocycles. The summed E-state index contributed by atoms with van der Waals surface area (Å²) in [4.78, 5) is 29.8. The first-order chi connectivity index (χ1) is 11.1. The third kappa shape index (κ3) is 2.46. The lowest BCUT2D eigenvalue weighted by molar-refractivity contribution is -0.149. The molecule has 8 nitrogen and oxygen atoms in total. The zero-order valence-electron chi connectivity index (χ0n) is 12.8. The lowest BCUT2D eigenvalue weighted by Crippen LogP contribution is -2.41. The van der Waals surface area contributed by atoms with E-state index in [1.54, 1.807) is 4.90 Å². The SMILES string of the molecule is O=C(NCc1noc(C2CC2)n1)N1C[C@@H]2CCC[C@@]2(C(=O)O)C1. The molecule has 124 valence electrons. The van der Waals surface area contributed by atoms with Crippen molar-refractivity contribution < 1.29 is 19.2 Å². The van der Waals surface area contributed by atoms with Gasteiger partial charge in [0.15, 0.2) is 5.82 Å². The van der Waals surface area contributed by atoms with E-state index in [1.807, 2.05) is 0 Å². The van der Waals surface area contributed by atoms with E-state index in [9.17, 15) is 14.7 Å². The number of fused-ring (bicyclic) bond motifs is 1. The van der Waals surface area contributed by atoms with E-state index < -0.39 is 11.4 Å². The largest absolute Gasteiger partial charge is 0.481 e. The first-order valence-corrected chi connectivity index (χ1v) is 8.17. The van der Waals surface area contributed by atoms with Crippen molar-refractivity contribution in [2.24, 2.45) is 11.3 Å². The van der Waals surface area contributed by atoms with E-state index in [0.717, 1.165) is 25.7 Å². The van der Waals surface area contributed by atoms with Gasteiger partial charge in [0, 0.05) is 19.0 Å². The van der Waals surface area contributed by atoms with Gasteiger partial charge in [-0.1, -0.05) is 11.6 Å². The summed E-state index contributed by atoms with van der Waals surface area (Å²) in [5.74, 6) is 0.794. The molecule has 0 spiro atoms. The normalized spacial score (nSPS) is 29.6. The van der Waals surface area contributed by atoms with Crippen LogP contribution in [0.3, 0.4) is 0 Å². The van der Waals surface area contributed by atoms with Gasteiger partial charge in [-0.2, -0.15) is 4.98 Å². The zero-order valence-corrected chi connectivity index (χ0v) is 12.8. The standard InChI is InChI=1S/C15H20N4O4/c20-13(21)15-5-1-2-10(15)7-19(8-15)14(22)16-6-11-17-12(23-18-11)9-3-4-9/h9-10H,1-8H2,(H,16,22)(H,20,21)/t10-,15+/m0/s1. The molecule has 0 unspecified atom stereocenters. The van der Waals surface area contributed by atoms with Crippen LogP contribution in [0.5, 0.6) is 0 Å². The molecule has 3 aliphatic rings. The van der Waals surface area contributed by atoms with Crippen molar-refractivity contribution >= 4 is 12.0 Å². The van der Waals surface area contributed by atoms with E-state index in [1.165, 1.54) is 0 Å². The van der Waals surface area contributed by atoms with Crippen molar-refractivity contribution in [3.63, 3.8) is 0 Å². The lowest BCUT2D eigenvalue weighted by Gasteiger charge is -2.23. The Morgan fingerprint density at radius 3 is 2.91 bits per heavy atom. The molecule has 2 aliphatic carbocycles. The number of likely N-dealkylation sites (tertiary alicyclic amines) is 1. The van der Waals surface area contributed by atoms with Crippen LogP contribution < -0.4 is 5.32 Å². The van der Waals surface area contributed by atoms with Gasteiger partial charge in [-0.3, -0.25) is 4.79 Å². The highest BCUT2D eigenvalue weighted by atomic mass is 16.5. The van der Waals surface area contributed by atoms with Crippen LogP contribution in [0, 0.1) is 11.3 Å². The van der Waals surface area contributed by atoms with Gasteiger partial charge in [-0.25, -0.2) is 4.79 Å². The molecule has 2 N–H and O–H groups in total. The molecule has 0 radical (unpaired) electrons. The van der Waals surface area contributed by atoms with Crippen LogP contribution in [0.1, 0.15) is 49.7 Å². The fourth-order valence-electron chi connectivity index (χ4n) is 3.90. The minimum atomic E-state index is -0.775. The molecular formula is C15H20N4O4. The minimum absolute atomic E-state index is 0.0670. The average Bonchev–Trinajstić information content (AvgIpc) is 2.97. The number of rotatable bonds is 4. The molecule has 0 aromatic carbocycles. The van der Waals surface area contributed by atoms with Crippen molar-refractivity contribution in [2.75, 3.05) is 13.1 Å². The van der Waals surface area contributed by atoms with Crippen molar-refractivity contribution in [1.82, 2.24) is 20.4 Å². The predicted octanol–water partition coefficient (Wildman–Crippen LogP) is 1.34. The first kappa shape index (κ1) is 14.5. The smallest absolute Gasteiger partial charge is 0.317 e. The van der Waals surface area contributed by atoms with Gasteiger partial charge in [-0.05, 0) is 31.6 Å². The molecule has 2 saturated carbocycles. The van der Waals surface area contributed by atoms with E-state index in [0.29, 0.717) is 37.1 Å². The van der Waals surface area contributed by atoms with Crippen LogP contribution in [-0.4, -0.2) is 45.2 Å². The molecular weight excluding hydrogens is 300 g/mol. The van der Waals surface area contributed by atoms with Crippen LogP contribution in [0.4, 0.5) is 4.79 Å². The first-order valence-electron chi connectivity index (χ1n) is 8.17. The number of amides is 2. The number of carbonyl (C=O) groups excluding carboxylic acids is 1. The number of carbonyl (C=O) groups is 2. The number of aliphatic carboxylic acids is 1. The Kier molecular flexibility index (Phi) is 3.28. The Morgan fingerprint density at radius 1 is 1.39 bits per heavy atom. The second-order valence-electron chi connectivity index (χ2n) is 6.91. The van der Waals surface area contributed by atoms with Crippen molar-refractivity contribution in [3.05, 3.63) is 11.7 Å². The van der Waals surface area contributed by atoms with Gasteiger partial charge in [0.25, 0.3) is 0 Å². The number of urea groups is 1. The molecule has 1 aromatic rings. The number of nitrogens with zero attached hydrogens (tertiary/aromatic N) is 3. The fraction of sp³-hybridized carbons (Fsp3) is 0.733. The van der Waals surface area contributed by atoms with Crippen molar-refractivity contribution in [3.8, 4) is 0 Å². The van der Waals surface area contributed by atoms with Crippen LogP contribution in [0.15, 0.2) is 4.52 Å². The monoisotopic (exact) mass is 320 g/mol. The number of aromatic nitrogens is 2. The topological polar surface area (TPSA) is 109 Å². The van der Waals surface area contributed by atoms with Crippen LogP contribution >= 0.6 is 0 Å². The van der Waals surface area contributed by atoms with Gasteiger partial charge in [0.1, 0.15) is 0 Å². The molecule has 8 heteroatoms. The number of hydrogen-bond donors (Lipinski definition) is 2. The summed E-state index contributed by atoms with van der Waals surface area (Å²) in [6.45, 7) is 1.01. The summed E-state index contributed by atoms with van der Waals surface area (Å²) in [5, 5.41) is 16.2. The second-order valence-corrected chi connectivity index (χ2v) is 6.91. The van der Waals surface area contributed by atoms with Gasteiger partial charge >= 0.3 is 12.0 Å². The Morgan fingerprint density at radius 2 is 2.22 bits per heavy atom. The predicted molar refractivity (Wildman–Crippen MR) is 77.5 cm³/mol. The van der Waals surface area contributed by atoms with E-state index in [4.69, 9.17) is 4.52 Å². The number of nitrogens with one attached hydrogen (secondary N) is 1. The summed E-state index contributed by atoms with van der Waals surface area (Å²) in [5.41, 5.74) is -0.747. The second kappa shape index (κ2) is 5.21. The summed E-state index contributed by atoms with van der Waals surface area (Å²) in [6, 6.07) is -0.252. The maximum atomic E-state index is 12.3. The lowest BCUT2D eigenvalue weighted by atomic mass is 9.81. The number of hydrogen-bond acceptors (Lipinski definition) is 5. The van der Waals surface area contributed by atoms with Crippen LogP contribution in [0.25, 0.3) is 0 Å². The molecule has 0 bridgehead atoms. The van der Waals surface area contributed by atoms with E-state index in [-0.39, 0.29) is 18.5 Å². The van der Waals surface area contributed by atoms with Gasteiger partial charge in [-0.15, -0.1) is 0 Å². The maximum absolute atomic E-state index is 12.3. The summed E-state index contributed by atoms with van der Waals surface area (Å²) < 4.78 is 5.15. The van der Waals surface area contributed by atoms with Gasteiger partial charge < -0.3 is 19.8 Å². The summed E-state index contributed by atoms with van der Waals surface area (Å²) in [7, 11) is 0. The van der Waals surface area contributed by atoms with Gasteiger partial charge in [0.05, 0.1) is 12.0 Å². The molecule has 4 rings (SSSR count). The van der Waals surface area contributed by atoms with Crippen molar-refractivity contribution in [2.45, 2.75) is 44.6 Å². The van der Waals surface area contributed by atoms with E-state index >= 15 is 0 Å². The number of carboxylic acids is 1.